The Kier molecular flexibility index (Phi) is 4.09. The minimum Gasteiger partial charge on any atom is -0.388 e. The van der Waals surface area contributed by atoms with Crippen LogP contribution in [0.3, 0.4) is 0 Å². The van der Waals surface area contributed by atoms with Crippen molar-refractivity contribution in [1.82, 2.24) is 4.98 Å². The molecule has 0 fully saturated rings. The summed E-state index contributed by atoms with van der Waals surface area (Å²) in [5.41, 5.74) is 1.52. The molecule has 0 bridgehead atoms. The van der Waals surface area contributed by atoms with Crippen LogP contribution in [0.2, 0.25) is 0 Å². The number of aliphatic hydroxyl groups is 1. The van der Waals surface area contributed by atoms with E-state index >= 15 is 0 Å². The third-order valence-corrected chi connectivity index (χ3v) is 3.70. The van der Waals surface area contributed by atoms with Gasteiger partial charge in [-0.2, -0.15) is 0 Å². The lowest BCUT2D eigenvalue weighted by Gasteiger charge is -2.20. The van der Waals surface area contributed by atoms with Crippen molar-refractivity contribution in [2.24, 2.45) is 0 Å². The molecule has 1 aromatic heterocycles. The number of nitrogens with zero attached hydrogens (tertiary/aromatic N) is 1. The average molecular weight is 310 g/mol. The van der Waals surface area contributed by atoms with Gasteiger partial charge >= 0.3 is 0 Å². The van der Waals surface area contributed by atoms with Crippen molar-refractivity contribution >= 4 is 15.9 Å². The predicted octanol–water partition coefficient (Wildman–Crippen LogP) is 3.82. The van der Waals surface area contributed by atoms with E-state index in [1.807, 2.05) is 19.1 Å². The molecule has 0 radical (unpaired) electrons. The Labute approximate surface area is 114 Å². The number of aromatic nitrogens is 1. The first-order valence-corrected chi connectivity index (χ1v) is 6.42. The summed E-state index contributed by atoms with van der Waals surface area (Å²) in [6.07, 6.45) is 2.59. The van der Waals surface area contributed by atoms with Crippen molar-refractivity contribution in [3.05, 3.63) is 64.1 Å². The van der Waals surface area contributed by atoms with Gasteiger partial charge in [-0.25, -0.2) is 4.39 Å². The minimum absolute atomic E-state index is 0.133. The van der Waals surface area contributed by atoms with Crippen molar-refractivity contribution in [1.29, 1.82) is 0 Å². The van der Waals surface area contributed by atoms with Crippen LogP contribution in [0.5, 0.6) is 0 Å². The van der Waals surface area contributed by atoms with E-state index in [4.69, 9.17) is 0 Å². The molecule has 0 amide bonds. The lowest BCUT2D eigenvalue weighted by Crippen LogP contribution is -2.08. The first-order valence-electron chi connectivity index (χ1n) is 5.62. The highest BCUT2D eigenvalue weighted by Crippen LogP contribution is 2.34. The van der Waals surface area contributed by atoms with Gasteiger partial charge < -0.3 is 5.11 Å². The number of rotatable bonds is 3. The Morgan fingerprint density at radius 2 is 1.89 bits per heavy atom. The first-order chi connectivity index (χ1) is 8.59. The fourth-order valence-electron chi connectivity index (χ4n) is 1.86. The molecule has 2 unspecified atom stereocenters. The fourth-order valence-corrected chi connectivity index (χ4v) is 2.34. The van der Waals surface area contributed by atoms with Crippen LogP contribution in [0.1, 0.15) is 30.1 Å². The summed E-state index contributed by atoms with van der Waals surface area (Å²) in [7, 11) is 0. The standard InChI is InChI=1S/C14H13BrFNO/c1-9(10-4-6-17-7-5-10)14(18)12-8-11(16)2-3-13(12)15/h2-9,14,18H,1H3. The van der Waals surface area contributed by atoms with Crippen molar-refractivity contribution in [3.8, 4) is 0 Å². The number of halogens is 2. The molecule has 0 aliphatic carbocycles. The third-order valence-electron chi connectivity index (χ3n) is 2.98. The second kappa shape index (κ2) is 5.59. The highest BCUT2D eigenvalue weighted by molar-refractivity contribution is 9.10. The van der Waals surface area contributed by atoms with Gasteiger partial charge in [0.1, 0.15) is 5.82 Å². The molecule has 0 saturated carbocycles. The van der Waals surface area contributed by atoms with Crippen molar-refractivity contribution < 1.29 is 9.50 Å². The van der Waals surface area contributed by atoms with Crippen LogP contribution in [-0.2, 0) is 0 Å². The Morgan fingerprint density at radius 1 is 1.22 bits per heavy atom. The van der Waals surface area contributed by atoms with Crippen molar-refractivity contribution in [2.75, 3.05) is 0 Å². The number of aliphatic hydroxyl groups excluding tert-OH is 1. The van der Waals surface area contributed by atoms with Gasteiger partial charge in [-0.3, -0.25) is 4.98 Å². The average Bonchev–Trinajstić information content (AvgIpc) is 2.41. The van der Waals surface area contributed by atoms with E-state index in [1.165, 1.54) is 12.1 Å². The van der Waals surface area contributed by atoms with Gasteiger partial charge in [0.2, 0.25) is 0 Å². The van der Waals surface area contributed by atoms with Crippen LogP contribution < -0.4 is 0 Å². The lowest BCUT2D eigenvalue weighted by atomic mass is 9.91. The lowest BCUT2D eigenvalue weighted by molar-refractivity contribution is 0.150. The van der Waals surface area contributed by atoms with E-state index in [0.717, 1.165) is 5.56 Å². The molecule has 1 heterocycles. The van der Waals surface area contributed by atoms with E-state index in [-0.39, 0.29) is 11.7 Å². The molecule has 4 heteroatoms. The Balaban J connectivity index is 2.31. The maximum atomic E-state index is 13.2. The maximum Gasteiger partial charge on any atom is 0.123 e. The molecule has 2 rings (SSSR count). The fraction of sp³-hybridized carbons (Fsp3) is 0.214. The molecule has 1 aromatic carbocycles. The van der Waals surface area contributed by atoms with Gasteiger partial charge in [0.25, 0.3) is 0 Å². The molecule has 0 aliphatic rings. The minimum atomic E-state index is -0.766. The number of hydrogen-bond acceptors (Lipinski definition) is 2. The van der Waals surface area contributed by atoms with E-state index in [0.29, 0.717) is 10.0 Å². The first kappa shape index (κ1) is 13.2. The van der Waals surface area contributed by atoms with Gasteiger partial charge in [0.05, 0.1) is 6.10 Å². The quantitative estimate of drug-likeness (QED) is 0.935. The van der Waals surface area contributed by atoms with Crippen LogP contribution in [-0.4, -0.2) is 10.1 Å². The molecular formula is C14H13BrFNO. The van der Waals surface area contributed by atoms with Crippen molar-refractivity contribution in [2.45, 2.75) is 18.9 Å². The van der Waals surface area contributed by atoms with Crippen LogP contribution in [0, 0.1) is 5.82 Å². The molecule has 2 nitrogen and oxygen atoms in total. The molecule has 0 spiro atoms. The Hall–Kier alpha value is -1.26. The molecule has 1 N–H and O–H groups in total. The molecule has 18 heavy (non-hydrogen) atoms. The van der Waals surface area contributed by atoms with E-state index in [2.05, 4.69) is 20.9 Å². The largest absolute Gasteiger partial charge is 0.388 e. The monoisotopic (exact) mass is 309 g/mol. The molecular weight excluding hydrogens is 297 g/mol. The summed E-state index contributed by atoms with van der Waals surface area (Å²) < 4.78 is 13.9. The molecule has 2 aromatic rings. The summed E-state index contributed by atoms with van der Waals surface area (Å²) in [6.45, 7) is 1.90. The second-order valence-electron chi connectivity index (χ2n) is 4.18. The summed E-state index contributed by atoms with van der Waals surface area (Å²) >= 11 is 3.33. The number of hydrogen-bond donors (Lipinski definition) is 1. The Bertz CT molecular complexity index is 533. The highest BCUT2D eigenvalue weighted by atomic mass is 79.9. The van der Waals surface area contributed by atoms with Crippen LogP contribution in [0.25, 0.3) is 0 Å². The van der Waals surface area contributed by atoms with Crippen molar-refractivity contribution in [3.63, 3.8) is 0 Å². The van der Waals surface area contributed by atoms with E-state index in [1.54, 1.807) is 18.5 Å². The molecule has 94 valence electrons. The zero-order chi connectivity index (χ0) is 13.1. The number of pyridine rings is 1. The predicted molar refractivity (Wildman–Crippen MR) is 71.7 cm³/mol. The SMILES string of the molecule is CC(c1ccncc1)C(O)c1cc(F)ccc1Br. The zero-order valence-corrected chi connectivity index (χ0v) is 11.4. The van der Waals surface area contributed by atoms with Crippen LogP contribution in [0.15, 0.2) is 47.2 Å². The smallest absolute Gasteiger partial charge is 0.123 e. The maximum absolute atomic E-state index is 13.2. The molecule has 2 atom stereocenters. The second-order valence-corrected chi connectivity index (χ2v) is 5.03. The normalized spacial score (nSPS) is 14.2. The van der Waals surface area contributed by atoms with E-state index in [9.17, 15) is 9.50 Å². The summed E-state index contributed by atoms with van der Waals surface area (Å²) in [6, 6.07) is 8.01. The molecule has 0 aliphatic heterocycles. The van der Waals surface area contributed by atoms with Gasteiger partial charge in [0, 0.05) is 22.8 Å². The highest BCUT2D eigenvalue weighted by Gasteiger charge is 2.20. The topological polar surface area (TPSA) is 33.1 Å². The Morgan fingerprint density at radius 3 is 2.56 bits per heavy atom. The van der Waals surface area contributed by atoms with Gasteiger partial charge in [0.15, 0.2) is 0 Å². The summed E-state index contributed by atoms with van der Waals surface area (Å²) in [5, 5.41) is 10.3. The number of benzene rings is 1. The van der Waals surface area contributed by atoms with Gasteiger partial charge in [-0.15, -0.1) is 0 Å². The zero-order valence-electron chi connectivity index (χ0n) is 9.85. The van der Waals surface area contributed by atoms with Gasteiger partial charge in [-0.05, 0) is 41.5 Å². The summed E-state index contributed by atoms with van der Waals surface area (Å²) in [4.78, 5) is 3.94. The van der Waals surface area contributed by atoms with Crippen LogP contribution in [0.4, 0.5) is 4.39 Å². The van der Waals surface area contributed by atoms with E-state index < -0.39 is 6.10 Å². The van der Waals surface area contributed by atoms with Crippen LogP contribution >= 0.6 is 15.9 Å². The third kappa shape index (κ3) is 2.76. The summed E-state index contributed by atoms with van der Waals surface area (Å²) in [5.74, 6) is -0.486. The van der Waals surface area contributed by atoms with Gasteiger partial charge in [-0.1, -0.05) is 22.9 Å². The molecule has 0 saturated heterocycles.